The standard InChI is InChI=1S/C20H18N2O4/c1-14-16-9-5-6-10-17(16)20(25)22(14)12-18(23)21-11-19(24)26-13-15-7-3-2-4-8-15/h2-10H,1,11-13H2,(H,21,23). The summed E-state index contributed by atoms with van der Waals surface area (Å²) < 4.78 is 5.09. The van der Waals surface area contributed by atoms with Crippen molar-refractivity contribution in [2.24, 2.45) is 0 Å². The summed E-state index contributed by atoms with van der Waals surface area (Å²) >= 11 is 0. The zero-order valence-electron chi connectivity index (χ0n) is 14.1. The van der Waals surface area contributed by atoms with Gasteiger partial charge in [0.2, 0.25) is 5.91 Å². The lowest BCUT2D eigenvalue weighted by Crippen LogP contribution is -2.39. The first-order chi connectivity index (χ1) is 12.6. The lowest BCUT2D eigenvalue weighted by molar-refractivity contribution is -0.145. The molecule has 3 rings (SSSR count). The highest BCUT2D eigenvalue weighted by Gasteiger charge is 2.31. The van der Waals surface area contributed by atoms with E-state index in [2.05, 4.69) is 11.9 Å². The fourth-order valence-corrected chi connectivity index (χ4v) is 2.66. The molecule has 2 aromatic rings. The summed E-state index contributed by atoms with van der Waals surface area (Å²) in [5.41, 5.74) is 2.58. The highest BCUT2D eigenvalue weighted by Crippen LogP contribution is 2.30. The van der Waals surface area contributed by atoms with Gasteiger partial charge in [-0.3, -0.25) is 19.3 Å². The third-order valence-electron chi connectivity index (χ3n) is 4.01. The van der Waals surface area contributed by atoms with Gasteiger partial charge in [-0.15, -0.1) is 0 Å². The molecule has 0 radical (unpaired) electrons. The van der Waals surface area contributed by atoms with Crippen molar-refractivity contribution in [3.8, 4) is 0 Å². The van der Waals surface area contributed by atoms with Crippen LogP contribution >= 0.6 is 0 Å². The van der Waals surface area contributed by atoms with Crippen LogP contribution in [0.2, 0.25) is 0 Å². The molecule has 1 aliphatic rings. The number of nitrogens with one attached hydrogen (secondary N) is 1. The highest BCUT2D eigenvalue weighted by atomic mass is 16.5. The van der Waals surface area contributed by atoms with Crippen LogP contribution in [0.1, 0.15) is 21.5 Å². The molecular weight excluding hydrogens is 332 g/mol. The number of carbonyl (C=O) groups is 3. The van der Waals surface area contributed by atoms with E-state index in [4.69, 9.17) is 4.74 Å². The summed E-state index contributed by atoms with van der Waals surface area (Å²) in [6.45, 7) is 3.56. The third-order valence-corrected chi connectivity index (χ3v) is 4.01. The topological polar surface area (TPSA) is 75.7 Å². The molecule has 6 nitrogen and oxygen atoms in total. The number of rotatable bonds is 6. The molecule has 0 saturated heterocycles. The lowest BCUT2D eigenvalue weighted by atomic mass is 10.1. The fraction of sp³-hybridized carbons (Fsp3) is 0.150. The zero-order valence-corrected chi connectivity index (χ0v) is 14.1. The van der Waals surface area contributed by atoms with Crippen molar-refractivity contribution in [1.29, 1.82) is 0 Å². The summed E-state index contributed by atoms with van der Waals surface area (Å²) in [5, 5.41) is 2.46. The summed E-state index contributed by atoms with van der Waals surface area (Å²) in [6, 6.07) is 16.3. The second kappa shape index (κ2) is 7.65. The molecule has 0 aliphatic carbocycles. The van der Waals surface area contributed by atoms with E-state index in [0.29, 0.717) is 16.8 Å². The van der Waals surface area contributed by atoms with Crippen LogP contribution in [-0.2, 0) is 20.9 Å². The molecule has 1 aliphatic heterocycles. The molecule has 26 heavy (non-hydrogen) atoms. The quantitative estimate of drug-likeness (QED) is 0.808. The minimum absolute atomic E-state index is 0.145. The number of benzene rings is 2. The van der Waals surface area contributed by atoms with Gasteiger partial charge in [0.1, 0.15) is 19.7 Å². The van der Waals surface area contributed by atoms with E-state index < -0.39 is 11.9 Å². The van der Waals surface area contributed by atoms with Crippen molar-refractivity contribution in [3.63, 3.8) is 0 Å². The number of carbonyl (C=O) groups excluding carboxylic acids is 3. The van der Waals surface area contributed by atoms with Gasteiger partial charge in [-0.1, -0.05) is 55.1 Å². The SMILES string of the molecule is C=C1c2ccccc2C(=O)N1CC(=O)NCC(=O)OCc1ccccc1. The first-order valence-corrected chi connectivity index (χ1v) is 8.12. The zero-order chi connectivity index (χ0) is 18.5. The molecular formula is C20H18N2O4. The molecule has 132 valence electrons. The van der Waals surface area contributed by atoms with E-state index in [9.17, 15) is 14.4 Å². The van der Waals surface area contributed by atoms with Crippen molar-refractivity contribution in [1.82, 2.24) is 10.2 Å². The Balaban J connectivity index is 1.47. The van der Waals surface area contributed by atoms with Crippen molar-refractivity contribution in [2.75, 3.05) is 13.1 Å². The number of esters is 1. The Morgan fingerprint density at radius 1 is 1.00 bits per heavy atom. The minimum Gasteiger partial charge on any atom is -0.460 e. The van der Waals surface area contributed by atoms with Crippen molar-refractivity contribution in [3.05, 3.63) is 77.9 Å². The maximum absolute atomic E-state index is 12.3. The van der Waals surface area contributed by atoms with E-state index in [1.807, 2.05) is 36.4 Å². The van der Waals surface area contributed by atoms with Gasteiger partial charge in [0.05, 0.1) is 0 Å². The van der Waals surface area contributed by atoms with E-state index in [1.54, 1.807) is 18.2 Å². The Labute approximate surface area is 151 Å². The van der Waals surface area contributed by atoms with Crippen LogP contribution in [0.5, 0.6) is 0 Å². The maximum Gasteiger partial charge on any atom is 0.325 e. The largest absolute Gasteiger partial charge is 0.460 e. The van der Waals surface area contributed by atoms with Gasteiger partial charge in [0, 0.05) is 16.8 Å². The summed E-state index contributed by atoms with van der Waals surface area (Å²) in [5.74, 6) is -1.27. The molecule has 0 aromatic heterocycles. The Hall–Kier alpha value is -3.41. The smallest absolute Gasteiger partial charge is 0.325 e. The molecule has 0 bridgehead atoms. The van der Waals surface area contributed by atoms with Gasteiger partial charge in [-0.25, -0.2) is 0 Å². The fourth-order valence-electron chi connectivity index (χ4n) is 2.66. The van der Waals surface area contributed by atoms with Gasteiger partial charge < -0.3 is 10.1 Å². The molecule has 1 heterocycles. The van der Waals surface area contributed by atoms with Crippen LogP contribution in [0.15, 0.2) is 61.2 Å². The second-order valence-corrected chi connectivity index (χ2v) is 5.81. The van der Waals surface area contributed by atoms with E-state index in [1.165, 1.54) is 4.90 Å². The van der Waals surface area contributed by atoms with E-state index in [-0.39, 0.29) is 25.6 Å². The number of hydrogen-bond donors (Lipinski definition) is 1. The normalized spacial score (nSPS) is 12.7. The first kappa shape index (κ1) is 17.4. The van der Waals surface area contributed by atoms with Crippen LogP contribution in [0.4, 0.5) is 0 Å². The van der Waals surface area contributed by atoms with Gasteiger partial charge in [0.15, 0.2) is 0 Å². The van der Waals surface area contributed by atoms with Gasteiger partial charge >= 0.3 is 5.97 Å². The van der Waals surface area contributed by atoms with Crippen LogP contribution in [0, 0.1) is 0 Å². The maximum atomic E-state index is 12.3. The number of hydrogen-bond acceptors (Lipinski definition) is 4. The Morgan fingerprint density at radius 2 is 1.65 bits per heavy atom. The average molecular weight is 350 g/mol. The third kappa shape index (κ3) is 3.80. The van der Waals surface area contributed by atoms with Gasteiger partial charge in [-0.05, 0) is 11.6 Å². The summed E-state index contributed by atoms with van der Waals surface area (Å²) in [4.78, 5) is 37.4. The predicted molar refractivity (Wildman–Crippen MR) is 95.8 cm³/mol. The van der Waals surface area contributed by atoms with Crippen LogP contribution in [0.3, 0.4) is 0 Å². The molecule has 0 saturated carbocycles. The van der Waals surface area contributed by atoms with E-state index in [0.717, 1.165) is 5.56 Å². The second-order valence-electron chi connectivity index (χ2n) is 5.81. The Kier molecular flexibility index (Phi) is 5.12. The molecule has 1 N–H and O–H groups in total. The molecule has 0 spiro atoms. The molecule has 6 heteroatoms. The summed E-state index contributed by atoms with van der Waals surface area (Å²) in [6.07, 6.45) is 0. The number of ether oxygens (including phenoxy) is 1. The van der Waals surface area contributed by atoms with Crippen LogP contribution in [0.25, 0.3) is 5.70 Å². The first-order valence-electron chi connectivity index (χ1n) is 8.12. The molecule has 0 atom stereocenters. The monoisotopic (exact) mass is 350 g/mol. The number of fused-ring (bicyclic) bond motifs is 1. The highest BCUT2D eigenvalue weighted by molar-refractivity contribution is 6.10. The van der Waals surface area contributed by atoms with Crippen molar-refractivity contribution < 1.29 is 19.1 Å². The van der Waals surface area contributed by atoms with Crippen molar-refractivity contribution in [2.45, 2.75) is 6.61 Å². The van der Waals surface area contributed by atoms with Gasteiger partial charge in [0.25, 0.3) is 5.91 Å². The summed E-state index contributed by atoms with van der Waals surface area (Å²) in [7, 11) is 0. The number of nitrogens with zero attached hydrogens (tertiary/aromatic N) is 1. The minimum atomic E-state index is -0.544. The van der Waals surface area contributed by atoms with E-state index >= 15 is 0 Å². The predicted octanol–water partition coefficient (Wildman–Crippen LogP) is 1.97. The van der Waals surface area contributed by atoms with Crippen LogP contribution < -0.4 is 5.32 Å². The van der Waals surface area contributed by atoms with Crippen LogP contribution in [-0.4, -0.2) is 35.8 Å². The molecule has 0 fully saturated rings. The Bertz CT molecular complexity index is 826. The average Bonchev–Trinajstić information content (AvgIpc) is 2.91. The molecule has 2 aromatic carbocycles. The van der Waals surface area contributed by atoms with Gasteiger partial charge in [-0.2, -0.15) is 0 Å². The molecule has 0 unspecified atom stereocenters. The Morgan fingerprint density at radius 3 is 2.35 bits per heavy atom. The number of amides is 2. The lowest BCUT2D eigenvalue weighted by Gasteiger charge is -2.16. The van der Waals surface area contributed by atoms with Crippen molar-refractivity contribution >= 4 is 23.5 Å². The molecule has 2 amide bonds.